The van der Waals surface area contributed by atoms with Gasteiger partial charge in [-0.15, -0.1) is 0 Å². The molecule has 0 N–H and O–H groups in total. The fraction of sp³-hybridized carbons (Fsp3) is 1.00. The molecule has 0 radical (unpaired) electrons. The highest BCUT2D eigenvalue weighted by molar-refractivity contribution is 4.77. The largest absolute Gasteiger partial charge is 0.348 e. The second-order valence-electron chi connectivity index (χ2n) is 5.44. The zero-order chi connectivity index (χ0) is 12.7. The highest BCUT2D eigenvalue weighted by Gasteiger charge is 2.37. The first-order valence-electron chi connectivity index (χ1n) is 7.01. The van der Waals surface area contributed by atoms with Crippen LogP contribution >= 0.6 is 0 Å². The van der Waals surface area contributed by atoms with Gasteiger partial charge in [-0.3, -0.25) is 0 Å². The Kier molecular flexibility index (Phi) is 6.42. The van der Waals surface area contributed by atoms with Gasteiger partial charge in [0, 0.05) is 0 Å². The van der Waals surface area contributed by atoms with E-state index < -0.39 is 12.0 Å². The number of rotatable bonds is 8. The Morgan fingerprint density at radius 1 is 1.18 bits per heavy atom. The molecule has 0 bridgehead atoms. The van der Waals surface area contributed by atoms with E-state index in [1.165, 1.54) is 25.7 Å². The van der Waals surface area contributed by atoms with Gasteiger partial charge in [0.05, 0.1) is 6.61 Å². The molecule has 3 heteroatoms. The third-order valence-corrected chi connectivity index (χ3v) is 3.27. The summed E-state index contributed by atoms with van der Waals surface area (Å²) in [6.45, 7) is 6.27. The van der Waals surface area contributed by atoms with Crippen LogP contribution in [0, 0.1) is 0 Å². The van der Waals surface area contributed by atoms with Crippen molar-refractivity contribution in [3.05, 3.63) is 0 Å². The molecule has 0 aromatic carbocycles. The van der Waals surface area contributed by atoms with E-state index in [0.717, 1.165) is 12.8 Å². The molecule has 1 aliphatic rings. The van der Waals surface area contributed by atoms with E-state index in [4.69, 9.17) is 9.47 Å². The Balaban J connectivity index is 2.03. The van der Waals surface area contributed by atoms with Gasteiger partial charge >= 0.3 is 0 Å². The summed E-state index contributed by atoms with van der Waals surface area (Å²) in [5, 5.41) is 0. The van der Waals surface area contributed by atoms with Crippen LogP contribution in [-0.4, -0.2) is 24.7 Å². The van der Waals surface area contributed by atoms with Crippen LogP contribution in [0.1, 0.15) is 65.7 Å². The van der Waals surface area contributed by atoms with E-state index in [1.807, 2.05) is 13.8 Å². The van der Waals surface area contributed by atoms with E-state index in [1.54, 1.807) is 0 Å². The third kappa shape index (κ3) is 5.82. The van der Waals surface area contributed by atoms with Crippen LogP contribution in [0.2, 0.25) is 0 Å². The molecule has 0 aromatic rings. The highest BCUT2D eigenvalue weighted by Crippen LogP contribution is 2.27. The summed E-state index contributed by atoms with van der Waals surface area (Å²) in [7, 11) is 0. The first-order chi connectivity index (χ1) is 8.05. The standard InChI is InChI=1S/C14H27FO2/c1-4-5-6-7-8-9-10-12(15)13-11-16-14(2,3)17-13/h12-13H,4-11H2,1-3H3/t12?,13-/m1/s1. The molecule has 1 fully saturated rings. The van der Waals surface area contributed by atoms with Crippen molar-refractivity contribution in [1.29, 1.82) is 0 Å². The molecule has 0 saturated carbocycles. The molecule has 1 rings (SSSR count). The van der Waals surface area contributed by atoms with Crippen molar-refractivity contribution in [3.63, 3.8) is 0 Å². The molecular weight excluding hydrogens is 219 g/mol. The lowest BCUT2D eigenvalue weighted by Gasteiger charge is -2.19. The van der Waals surface area contributed by atoms with Crippen molar-refractivity contribution < 1.29 is 13.9 Å². The van der Waals surface area contributed by atoms with Gasteiger partial charge in [0.2, 0.25) is 0 Å². The van der Waals surface area contributed by atoms with Gasteiger partial charge in [0.1, 0.15) is 12.3 Å². The number of hydrogen-bond donors (Lipinski definition) is 0. The van der Waals surface area contributed by atoms with Gasteiger partial charge in [-0.05, 0) is 20.3 Å². The molecule has 0 spiro atoms. The summed E-state index contributed by atoms with van der Waals surface area (Å²) < 4.78 is 24.7. The van der Waals surface area contributed by atoms with E-state index in [2.05, 4.69) is 6.92 Å². The molecule has 1 aliphatic heterocycles. The first kappa shape index (κ1) is 14.9. The zero-order valence-electron chi connectivity index (χ0n) is 11.5. The summed E-state index contributed by atoms with van der Waals surface area (Å²) in [4.78, 5) is 0. The average molecular weight is 246 g/mol. The fourth-order valence-electron chi connectivity index (χ4n) is 2.20. The van der Waals surface area contributed by atoms with Crippen molar-refractivity contribution in [3.8, 4) is 0 Å². The minimum Gasteiger partial charge on any atom is -0.348 e. The maximum Gasteiger partial charge on any atom is 0.163 e. The van der Waals surface area contributed by atoms with Crippen LogP contribution in [0.3, 0.4) is 0 Å². The number of unbranched alkanes of at least 4 members (excludes halogenated alkanes) is 5. The number of hydrogen-bond acceptors (Lipinski definition) is 2. The van der Waals surface area contributed by atoms with Crippen LogP contribution in [0.15, 0.2) is 0 Å². The van der Waals surface area contributed by atoms with Gasteiger partial charge in [-0.2, -0.15) is 0 Å². The van der Waals surface area contributed by atoms with Crippen molar-refractivity contribution in [1.82, 2.24) is 0 Å². The maximum absolute atomic E-state index is 13.8. The lowest BCUT2D eigenvalue weighted by Crippen LogP contribution is -2.27. The van der Waals surface area contributed by atoms with Gasteiger partial charge in [0.25, 0.3) is 0 Å². The molecule has 0 amide bonds. The molecule has 2 nitrogen and oxygen atoms in total. The van der Waals surface area contributed by atoms with Crippen LogP contribution in [0.5, 0.6) is 0 Å². The molecule has 17 heavy (non-hydrogen) atoms. The molecule has 0 aliphatic carbocycles. The predicted molar refractivity (Wildman–Crippen MR) is 67.8 cm³/mol. The van der Waals surface area contributed by atoms with E-state index >= 15 is 0 Å². The number of ether oxygens (including phenoxy) is 2. The third-order valence-electron chi connectivity index (χ3n) is 3.27. The molecule has 0 aromatic heterocycles. The molecule has 2 atom stereocenters. The zero-order valence-corrected chi connectivity index (χ0v) is 11.5. The van der Waals surface area contributed by atoms with Gasteiger partial charge in [0.15, 0.2) is 5.79 Å². The highest BCUT2D eigenvalue weighted by atomic mass is 19.1. The number of halogens is 1. The predicted octanol–water partition coefficient (Wildman–Crippen LogP) is 4.23. The fourth-order valence-corrected chi connectivity index (χ4v) is 2.20. The Morgan fingerprint density at radius 3 is 2.41 bits per heavy atom. The van der Waals surface area contributed by atoms with Crippen molar-refractivity contribution in [2.75, 3.05) is 6.61 Å². The van der Waals surface area contributed by atoms with Gasteiger partial charge in [-0.1, -0.05) is 45.4 Å². The minimum atomic E-state index is -0.872. The number of alkyl halides is 1. The van der Waals surface area contributed by atoms with Crippen LogP contribution in [0.25, 0.3) is 0 Å². The Bertz CT molecular complexity index is 206. The Morgan fingerprint density at radius 2 is 1.82 bits per heavy atom. The second-order valence-corrected chi connectivity index (χ2v) is 5.44. The maximum atomic E-state index is 13.8. The molecule has 1 saturated heterocycles. The van der Waals surface area contributed by atoms with Crippen LogP contribution in [-0.2, 0) is 9.47 Å². The normalized spacial score (nSPS) is 25.1. The first-order valence-corrected chi connectivity index (χ1v) is 7.01. The summed E-state index contributed by atoms with van der Waals surface area (Å²) in [5.41, 5.74) is 0. The summed E-state index contributed by atoms with van der Waals surface area (Å²) in [6.07, 6.45) is 6.54. The van der Waals surface area contributed by atoms with E-state index in [0.29, 0.717) is 13.0 Å². The molecule has 102 valence electrons. The summed E-state index contributed by atoms with van der Waals surface area (Å²) in [5.74, 6) is -0.601. The minimum absolute atomic E-state index is 0.361. The lowest BCUT2D eigenvalue weighted by molar-refractivity contribution is -0.146. The van der Waals surface area contributed by atoms with Crippen LogP contribution in [0.4, 0.5) is 4.39 Å². The Hall–Kier alpha value is -0.150. The van der Waals surface area contributed by atoms with Crippen molar-refractivity contribution >= 4 is 0 Å². The van der Waals surface area contributed by atoms with Gasteiger partial charge in [-0.25, -0.2) is 4.39 Å². The van der Waals surface area contributed by atoms with Crippen molar-refractivity contribution in [2.24, 2.45) is 0 Å². The van der Waals surface area contributed by atoms with Crippen LogP contribution < -0.4 is 0 Å². The van der Waals surface area contributed by atoms with E-state index in [9.17, 15) is 4.39 Å². The monoisotopic (exact) mass is 246 g/mol. The summed E-state index contributed by atoms with van der Waals surface area (Å²) >= 11 is 0. The van der Waals surface area contributed by atoms with Crippen molar-refractivity contribution in [2.45, 2.75) is 83.8 Å². The molecule has 1 unspecified atom stereocenters. The molecular formula is C14H27FO2. The van der Waals surface area contributed by atoms with Gasteiger partial charge < -0.3 is 9.47 Å². The quantitative estimate of drug-likeness (QED) is 0.597. The SMILES string of the molecule is CCCCCCCCC(F)[C@H]1COC(C)(C)O1. The smallest absolute Gasteiger partial charge is 0.163 e. The summed E-state index contributed by atoms with van der Waals surface area (Å²) in [6, 6.07) is 0. The molecule has 1 heterocycles. The van der Waals surface area contributed by atoms with E-state index in [-0.39, 0.29) is 6.10 Å². The lowest BCUT2D eigenvalue weighted by atomic mass is 10.1. The Labute approximate surface area is 105 Å². The topological polar surface area (TPSA) is 18.5 Å². The second kappa shape index (κ2) is 7.32. The average Bonchev–Trinajstić information content (AvgIpc) is 2.64.